The Kier molecular flexibility index (Phi) is 4.73. The van der Waals surface area contributed by atoms with E-state index in [1.54, 1.807) is 20.0 Å². The Morgan fingerprint density at radius 2 is 2.08 bits per heavy atom. The Bertz CT molecular complexity index is 952. The van der Waals surface area contributed by atoms with Gasteiger partial charge in [-0.3, -0.25) is 14.8 Å². The summed E-state index contributed by atoms with van der Waals surface area (Å²) in [7, 11) is 1.62. The van der Waals surface area contributed by atoms with Crippen molar-refractivity contribution in [3.8, 4) is 0 Å². The predicted molar refractivity (Wildman–Crippen MR) is 91.4 cm³/mol. The van der Waals surface area contributed by atoms with Crippen LogP contribution in [0, 0.1) is 12.7 Å². The maximum Gasteiger partial charge on any atom is 0.277 e. The van der Waals surface area contributed by atoms with Gasteiger partial charge in [-0.15, -0.1) is 5.10 Å². The number of carbonyl (C=O) groups is 1. The van der Waals surface area contributed by atoms with Crippen molar-refractivity contribution in [1.29, 1.82) is 0 Å². The zero-order valence-electron chi connectivity index (χ0n) is 13.3. The van der Waals surface area contributed by atoms with Gasteiger partial charge in [0.2, 0.25) is 5.95 Å². The highest BCUT2D eigenvalue weighted by Crippen LogP contribution is 2.20. The molecule has 1 N–H and O–H groups in total. The van der Waals surface area contributed by atoms with Crippen LogP contribution in [0.15, 0.2) is 24.5 Å². The molecule has 0 aliphatic carbocycles. The van der Waals surface area contributed by atoms with Crippen LogP contribution < -0.4 is 5.32 Å². The quantitative estimate of drug-likeness (QED) is 0.751. The van der Waals surface area contributed by atoms with E-state index in [1.165, 1.54) is 27.8 Å². The van der Waals surface area contributed by atoms with E-state index in [-0.39, 0.29) is 23.2 Å². The molecule has 0 aliphatic rings. The van der Waals surface area contributed by atoms with Crippen molar-refractivity contribution in [3.63, 3.8) is 0 Å². The molecule has 0 radical (unpaired) electrons. The van der Waals surface area contributed by atoms with Gasteiger partial charge in [-0.2, -0.15) is 5.10 Å². The van der Waals surface area contributed by atoms with Crippen molar-refractivity contribution in [2.24, 2.45) is 7.05 Å². The lowest BCUT2D eigenvalue weighted by Crippen LogP contribution is -2.17. The van der Waals surface area contributed by atoms with Crippen LogP contribution in [0.4, 0.5) is 10.3 Å². The summed E-state index contributed by atoms with van der Waals surface area (Å²) in [6, 6.07) is 4.10. The number of aromatic nitrogens is 5. The van der Waals surface area contributed by atoms with Gasteiger partial charge in [-0.1, -0.05) is 29.3 Å². The lowest BCUT2D eigenvalue weighted by molar-refractivity contribution is 0.101. The maximum atomic E-state index is 13.1. The highest BCUT2D eigenvalue weighted by atomic mass is 35.5. The number of benzene rings is 1. The zero-order chi connectivity index (χ0) is 18.1. The molecule has 2 aromatic heterocycles. The molecule has 0 bridgehead atoms. The van der Waals surface area contributed by atoms with Crippen molar-refractivity contribution < 1.29 is 9.18 Å². The smallest absolute Gasteiger partial charge is 0.277 e. The molecular weight excluding hydrogens is 370 g/mol. The van der Waals surface area contributed by atoms with E-state index >= 15 is 0 Å². The second-order valence-electron chi connectivity index (χ2n) is 5.33. The van der Waals surface area contributed by atoms with Gasteiger partial charge in [0.1, 0.15) is 17.8 Å². The molecule has 0 unspecified atom stereocenters. The second-order valence-corrected chi connectivity index (χ2v) is 6.11. The highest BCUT2D eigenvalue weighted by Gasteiger charge is 2.20. The van der Waals surface area contributed by atoms with Crippen molar-refractivity contribution in [2.75, 3.05) is 5.32 Å². The van der Waals surface area contributed by atoms with Crippen LogP contribution in [0.25, 0.3) is 0 Å². The molecule has 0 saturated carbocycles. The maximum absolute atomic E-state index is 13.1. The Labute approximate surface area is 152 Å². The number of hydrogen-bond donors (Lipinski definition) is 1. The van der Waals surface area contributed by atoms with Gasteiger partial charge in [0, 0.05) is 12.1 Å². The van der Waals surface area contributed by atoms with Crippen LogP contribution in [0.1, 0.15) is 21.7 Å². The summed E-state index contributed by atoms with van der Waals surface area (Å²) in [4.78, 5) is 16.3. The minimum absolute atomic E-state index is 0.109. The molecule has 7 nitrogen and oxygen atoms in total. The van der Waals surface area contributed by atoms with Gasteiger partial charge in [-0.25, -0.2) is 14.1 Å². The number of rotatable bonds is 4. The van der Waals surface area contributed by atoms with Gasteiger partial charge in [0.25, 0.3) is 5.91 Å². The first-order chi connectivity index (χ1) is 11.8. The number of nitrogens with zero attached hydrogens (tertiary/aromatic N) is 5. The largest absolute Gasteiger partial charge is 0.288 e. The zero-order valence-corrected chi connectivity index (χ0v) is 14.8. The van der Waals surface area contributed by atoms with Crippen LogP contribution in [-0.4, -0.2) is 30.5 Å². The van der Waals surface area contributed by atoms with Crippen molar-refractivity contribution in [1.82, 2.24) is 24.5 Å². The fraction of sp³-hybridized carbons (Fsp3) is 0.200. The van der Waals surface area contributed by atoms with Crippen molar-refractivity contribution >= 4 is 35.1 Å². The van der Waals surface area contributed by atoms with Gasteiger partial charge in [-0.05, 0) is 24.6 Å². The van der Waals surface area contributed by atoms with E-state index in [1.807, 2.05) is 0 Å². The molecule has 3 rings (SSSR count). The molecule has 10 heteroatoms. The van der Waals surface area contributed by atoms with Crippen LogP contribution >= 0.6 is 23.2 Å². The molecule has 0 atom stereocenters. The van der Waals surface area contributed by atoms with Gasteiger partial charge >= 0.3 is 0 Å². The average Bonchev–Trinajstić information content (AvgIpc) is 3.06. The third-order valence-corrected chi connectivity index (χ3v) is 4.28. The number of carbonyl (C=O) groups excluding carboxylic acids is 1. The number of amides is 1. The number of hydrogen-bond acceptors (Lipinski definition) is 4. The van der Waals surface area contributed by atoms with E-state index in [0.29, 0.717) is 16.3 Å². The summed E-state index contributed by atoms with van der Waals surface area (Å²) in [6.45, 7) is 1.99. The lowest BCUT2D eigenvalue weighted by atomic mass is 10.2. The normalized spacial score (nSPS) is 10.9. The molecule has 130 valence electrons. The molecule has 0 fully saturated rings. The van der Waals surface area contributed by atoms with Crippen LogP contribution in [-0.2, 0) is 13.6 Å². The summed E-state index contributed by atoms with van der Waals surface area (Å²) in [5, 5.41) is 11.4. The minimum Gasteiger partial charge on any atom is -0.288 e. The second kappa shape index (κ2) is 6.81. The first-order valence-electron chi connectivity index (χ1n) is 7.19. The Morgan fingerprint density at radius 3 is 2.72 bits per heavy atom. The fourth-order valence-corrected chi connectivity index (χ4v) is 2.77. The van der Waals surface area contributed by atoms with E-state index < -0.39 is 11.7 Å². The van der Waals surface area contributed by atoms with Gasteiger partial charge in [0.15, 0.2) is 0 Å². The van der Waals surface area contributed by atoms with Gasteiger partial charge < -0.3 is 0 Å². The topological polar surface area (TPSA) is 77.6 Å². The number of aryl methyl sites for hydroxylation is 2. The SMILES string of the molecule is Cc1nn(C)c(C(=O)Nc2ncn(Cc3ccc(F)cc3Cl)n2)c1Cl. The Morgan fingerprint density at radius 1 is 1.32 bits per heavy atom. The monoisotopic (exact) mass is 382 g/mol. The summed E-state index contributed by atoms with van der Waals surface area (Å²) < 4.78 is 15.9. The van der Waals surface area contributed by atoms with E-state index in [2.05, 4.69) is 20.5 Å². The average molecular weight is 383 g/mol. The van der Waals surface area contributed by atoms with Crippen molar-refractivity contribution in [3.05, 3.63) is 57.3 Å². The number of halogens is 3. The van der Waals surface area contributed by atoms with Crippen LogP contribution in [0.2, 0.25) is 10.0 Å². The predicted octanol–water partition coefficient (Wildman–Crippen LogP) is 3.07. The Balaban J connectivity index is 1.74. The number of anilines is 1. The lowest BCUT2D eigenvalue weighted by Gasteiger charge is -2.04. The molecular formula is C15H13Cl2FN6O. The summed E-state index contributed by atoms with van der Waals surface area (Å²) in [5.74, 6) is -0.771. The van der Waals surface area contributed by atoms with E-state index in [0.717, 1.165) is 0 Å². The Hall–Kier alpha value is -2.45. The minimum atomic E-state index is -0.467. The van der Waals surface area contributed by atoms with Gasteiger partial charge in [0.05, 0.1) is 17.3 Å². The molecule has 1 aromatic carbocycles. The first kappa shape index (κ1) is 17.4. The first-order valence-corrected chi connectivity index (χ1v) is 7.94. The molecule has 0 saturated heterocycles. The summed E-state index contributed by atoms with van der Waals surface area (Å²) in [5.41, 5.74) is 1.45. The van der Waals surface area contributed by atoms with E-state index in [4.69, 9.17) is 23.2 Å². The molecule has 3 aromatic rings. The van der Waals surface area contributed by atoms with E-state index in [9.17, 15) is 9.18 Å². The molecule has 25 heavy (non-hydrogen) atoms. The fourth-order valence-electron chi connectivity index (χ4n) is 2.29. The summed E-state index contributed by atoms with van der Waals surface area (Å²) >= 11 is 12.1. The summed E-state index contributed by atoms with van der Waals surface area (Å²) in [6.07, 6.45) is 1.44. The number of nitrogens with one attached hydrogen (secondary N) is 1. The highest BCUT2D eigenvalue weighted by molar-refractivity contribution is 6.34. The third kappa shape index (κ3) is 3.64. The molecule has 1 amide bonds. The van der Waals surface area contributed by atoms with Crippen LogP contribution in [0.5, 0.6) is 0 Å². The molecule has 2 heterocycles. The van der Waals surface area contributed by atoms with Crippen molar-refractivity contribution in [2.45, 2.75) is 13.5 Å². The standard InChI is InChI=1S/C15H13Cl2FN6O/c1-8-12(17)13(23(2)21-8)14(25)20-15-19-7-24(22-15)6-9-3-4-10(18)5-11(9)16/h3-5,7H,6H2,1-2H3,(H,20,22,25). The van der Waals surface area contributed by atoms with Crippen LogP contribution in [0.3, 0.4) is 0 Å². The molecule has 0 aliphatic heterocycles. The molecule has 0 spiro atoms. The third-order valence-electron chi connectivity index (χ3n) is 3.47.